The molecule has 0 saturated heterocycles. The third kappa shape index (κ3) is 2.78. The molecule has 2 aromatic carbocycles. The second kappa shape index (κ2) is 6.65. The van der Waals surface area contributed by atoms with Crippen LogP contribution in [-0.4, -0.2) is 4.98 Å². The molecule has 0 bridgehead atoms. The average molecular weight is 362 g/mol. The molecular weight excluding hydrogens is 340 g/mol. The van der Waals surface area contributed by atoms with Crippen LogP contribution in [0, 0.1) is 6.92 Å². The second-order valence-electron chi connectivity index (χ2n) is 7.45. The van der Waals surface area contributed by atoms with Gasteiger partial charge in [0.15, 0.2) is 0 Å². The standard InChI is InChI=1S/C26H22N2/c1-17-15-23(19-9-5-3-6-10-19)21-13-14-22-24(20-11-7-4-8-12-20)16-18(2)28-26(22)25(21)27-17/h3-16,25,27H,1-2H3. The van der Waals surface area contributed by atoms with Crippen LogP contribution in [0.3, 0.4) is 0 Å². The molecule has 2 heteroatoms. The second-order valence-corrected chi connectivity index (χ2v) is 7.45. The number of rotatable bonds is 2. The number of fused-ring (bicyclic) bond motifs is 3. The molecule has 1 aromatic heterocycles. The summed E-state index contributed by atoms with van der Waals surface area (Å²) in [7, 11) is 0. The average Bonchev–Trinajstić information content (AvgIpc) is 2.74. The fourth-order valence-corrected chi connectivity index (χ4v) is 4.20. The lowest BCUT2D eigenvalue weighted by Crippen LogP contribution is -2.28. The zero-order valence-corrected chi connectivity index (χ0v) is 16.1. The first-order valence-corrected chi connectivity index (χ1v) is 9.70. The van der Waals surface area contributed by atoms with Crippen molar-refractivity contribution in [2.45, 2.75) is 19.9 Å². The van der Waals surface area contributed by atoms with E-state index < -0.39 is 0 Å². The fourth-order valence-electron chi connectivity index (χ4n) is 4.20. The topological polar surface area (TPSA) is 24.9 Å². The molecular formula is C26H22N2. The van der Waals surface area contributed by atoms with Crippen molar-refractivity contribution >= 4 is 11.6 Å². The third-order valence-electron chi connectivity index (χ3n) is 5.44. The van der Waals surface area contributed by atoms with Crippen molar-refractivity contribution in [2.24, 2.45) is 0 Å². The highest BCUT2D eigenvalue weighted by atomic mass is 15.0. The molecule has 0 saturated carbocycles. The number of nitrogens with one attached hydrogen (secondary N) is 1. The van der Waals surface area contributed by atoms with Crippen LogP contribution in [0.1, 0.15) is 35.5 Å². The summed E-state index contributed by atoms with van der Waals surface area (Å²) in [6.07, 6.45) is 6.73. The maximum Gasteiger partial charge on any atom is 0.0950 e. The van der Waals surface area contributed by atoms with Crippen LogP contribution in [0.2, 0.25) is 0 Å². The number of allylic oxidation sites excluding steroid dienone is 3. The van der Waals surface area contributed by atoms with Crippen molar-refractivity contribution in [1.29, 1.82) is 0 Å². The predicted octanol–water partition coefficient (Wildman–Crippen LogP) is 6.09. The summed E-state index contributed by atoms with van der Waals surface area (Å²) in [6, 6.07) is 23.5. The minimum Gasteiger partial charge on any atom is -0.376 e. The molecule has 1 N–H and O–H groups in total. The molecule has 2 nitrogen and oxygen atoms in total. The molecule has 1 aliphatic heterocycles. The number of aromatic nitrogens is 1. The van der Waals surface area contributed by atoms with Crippen LogP contribution in [0.15, 0.2) is 90.2 Å². The zero-order valence-electron chi connectivity index (χ0n) is 16.1. The Labute approximate surface area is 166 Å². The number of nitrogens with zero attached hydrogens (tertiary/aromatic N) is 1. The molecule has 1 atom stereocenters. The van der Waals surface area contributed by atoms with E-state index in [1.807, 2.05) is 0 Å². The van der Waals surface area contributed by atoms with E-state index in [-0.39, 0.29) is 6.04 Å². The highest BCUT2D eigenvalue weighted by Gasteiger charge is 2.29. The van der Waals surface area contributed by atoms with Gasteiger partial charge in [0.25, 0.3) is 0 Å². The molecule has 0 spiro atoms. The predicted molar refractivity (Wildman–Crippen MR) is 116 cm³/mol. The maximum atomic E-state index is 4.97. The quantitative estimate of drug-likeness (QED) is 0.597. The van der Waals surface area contributed by atoms with Crippen molar-refractivity contribution < 1.29 is 0 Å². The van der Waals surface area contributed by atoms with E-state index in [2.05, 4.69) is 104 Å². The van der Waals surface area contributed by atoms with Crippen molar-refractivity contribution in [3.8, 4) is 11.1 Å². The van der Waals surface area contributed by atoms with Crippen LogP contribution in [-0.2, 0) is 0 Å². The van der Waals surface area contributed by atoms with E-state index in [4.69, 9.17) is 4.98 Å². The summed E-state index contributed by atoms with van der Waals surface area (Å²) >= 11 is 0. The lowest BCUT2D eigenvalue weighted by Gasteiger charge is -2.32. The molecule has 3 aromatic rings. The Morgan fingerprint density at radius 2 is 1.50 bits per heavy atom. The molecule has 28 heavy (non-hydrogen) atoms. The Hall–Kier alpha value is -3.39. The molecule has 0 radical (unpaired) electrons. The van der Waals surface area contributed by atoms with Crippen LogP contribution >= 0.6 is 0 Å². The zero-order chi connectivity index (χ0) is 19.1. The molecule has 136 valence electrons. The summed E-state index contributed by atoms with van der Waals surface area (Å²) in [5, 5.41) is 3.67. The van der Waals surface area contributed by atoms with Crippen LogP contribution in [0.5, 0.6) is 0 Å². The van der Waals surface area contributed by atoms with E-state index in [0.717, 1.165) is 11.4 Å². The van der Waals surface area contributed by atoms with Gasteiger partial charge in [-0.25, -0.2) is 0 Å². The monoisotopic (exact) mass is 362 g/mol. The van der Waals surface area contributed by atoms with E-state index in [1.54, 1.807) is 0 Å². The lowest BCUT2D eigenvalue weighted by atomic mass is 9.82. The molecule has 2 aliphatic rings. The van der Waals surface area contributed by atoms with E-state index in [1.165, 1.54) is 39.1 Å². The van der Waals surface area contributed by atoms with Crippen LogP contribution in [0.25, 0.3) is 22.8 Å². The van der Waals surface area contributed by atoms with E-state index in [9.17, 15) is 0 Å². The lowest BCUT2D eigenvalue weighted by molar-refractivity contribution is 0.657. The number of dihydropyridines is 1. The van der Waals surface area contributed by atoms with Crippen LogP contribution < -0.4 is 5.32 Å². The first-order chi connectivity index (χ1) is 13.7. The number of benzene rings is 2. The van der Waals surface area contributed by atoms with Gasteiger partial charge in [0.1, 0.15) is 0 Å². The Morgan fingerprint density at radius 3 is 2.21 bits per heavy atom. The molecule has 5 rings (SSSR count). The minimum absolute atomic E-state index is 0.0718. The molecule has 0 amide bonds. The SMILES string of the molecule is CC1=CC(c2ccccc2)=C2C=Cc3c(-c4ccccc4)cc(C)nc3C2N1. The Balaban J connectivity index is 1.73. The maximum absolute atomic E-state index is 4.97. The van der Waals surface area contributed by atoms with Gasteiger partial charge in [0.2, 0.25) is 0 Å². The normalized spacial score (nSPS) is 17.5. The van der Waals surface area contributed by atoms with Gasteiger partial charge in [0, 0.05) is 17.0 Å². The Bertz CT molecular complexity index is 1140. The van der Waals surface area contributed by atoms with Crippen LogP contribution in [0.4, 0.5) is 0 Å². The van der Waals surface area contributed by atoms with Crippen molar-refractivity contribution in [3.63, 3.8) is 0 Å². The first kappa shape index (κ1) is 16.8. The highest BCUT2D eigenvalue weighted by Crippen LogP contribution is 2.42. The van der Waals surface area contributed by atoms with Gasteiger partial charge in [0.05, 0.1) is 11.7 Å². The number of aryl methyl sites for hydroxylation is 1. The van der Waals surface area contributed by atoms with E-state index in [0.29, 0.717) is 0 Å². The van der Waals surface area contributed by atoms with Gasteiger partial charge in [-0.2, -0.15) is 0 Å². The smallest absolute Gasteiger partial charge is 0.0950 e. The summed E-state index contributed by atoms with van der Waals surface area (Å²) in [4.78, 5) is 4.97. The Kier molecular flexibility index (Phi) is 3.98. The summed E-state index contributed by atoms with van der Waals surface area (Å²) in [5.41, 5.74) is 10.8. The highest BCUT2D eigenvalue weighted by molar-refractivity contribution is 5.87. The van der Waals surface area contributed by atoms with Gasteiger partial charge in [-0.05, 0) is 53.8 Å². The third-order valence-corrected chi connectivity index (χ3v) is 5.44. The van der Waals surface area contributed by atoms with Gasteiger partial charge in [-0.3, -0.25) is 4.98 Å². The first-order valence-electron chi connectivity index (χ1n) is 9.70. The molecule has 1 unspecified atom stereocenters. The van der Waals surface area contributed by atoms with Crippen molar-refractivity contribution in [3.05, 3.63) is 113 Å². The number of pyridine rings is 1. The van der Waals surface area contributed by atoms with Gasteiger partial charge in [-0.15, -0.1) is 0 Å². The number of hydrogen-bond donors (Lipinski definition) is 1. The summed E-state index contributed by atoms with van der Waals surface area (Å²) in [6.45, 7) is 4.21. The molecule has 1 aliphatic carbocycles. The van der Waals surface area contributed by atoms with Gasteiger partial charge in [-0.1, -0.05) is 72.8 Å². The molecule has 0 fully saturated rings. The largest absolute Gasteiger partial charge is 0.376 e. The van der Waals surface area contributed by atoms with Gasteiger partial charge >= 0.3 is 0 Å². The summed E-state index contributed by atoms with van der Waals surface area (Å²) < 4.78 is 0. The van der Waals surface area contributed by atoms with Crippen molar-refractivity contribution in [1.82, 2.24) is 10.3 Å². The van der Waals surface area contributed by atoms with E-state index >= 15 is 0 Å². The molecule has 2 heterocycles. The van der Waals surface area contributed by atoms with Gasteiger partial charge < -0.3 is 5.32 Å². The summed E-state index contributed by atoms with van der Waals surface area (Å²) in [5.74, 6) is 0. The van der Waals surface area contributed by atoms with Crippen molar-refractivity contribution in [2.75, 3.05) is 0 Å². The number of hydrogen-bond acceptors (Lipinski definition) is 2. The fraction of sp³-hybridized carbons (Fsp3) is 0.115. The Morgan fingerprint density at radius 1 is 0.821 bits per heavy atom. The minimum atomic E-state index is 0.0718.